The number of anilines is 4. The second kappa shape index (κ2) is 10.5. The summed E-state index contributed by atoms with van der Waals surface area (Å²) >= 11 is 0. The molecule has 1 aliphatic rings. The molecule has 1 amide bonds. The molecule has 0 bridgehead atoms. The van der Waals surface area contributed by atoms with E-state index < -0.39 is 17.5 Å². The average molecular weight is 467 g/mol. The smallest absolute Gasteiger partial charge is 0.221 e. The van der Waals surface area contributed by atoms with Gasteiger partial charge in [-0.3, -0.25) is 4.79 Å². The highest BCUT2D eigenvalue weighted by atomic mass is 19.1. The standard InChI is InChI=1S/C25H28F2N6O/c26-18-9-16(10-19(27)12-18)14-30-23-13-25(31-15-17(23)11-24(29)34)32-21-1-3-22(4-2-21)33-7-5-20(28)6-8-33/h1-4,9-10,12-13,15,20H,5-8,11,14,28H2,(H2,29,34)(H2,30,31,32). The van der Waals surface area contributed by atoms with Crippen LogP contribution in [0.1, 0.15) is 24.0 Å². The molecule has 0 aliphatic carbocycles. The van der Waals surface area contributed by atoms with Crippen LogP contribution in [-0.2, 0) is 17.8 Å². The summed E-state index contributed by atoms with van der Waals surface area (Å²) in [6.07, 6.45) is 3.52. The van der Waals surface area contributed by atoms with Gasteiger partial charge in [-0.25, -0.2) is 13.8 Å². The number of nitrogens with one attached hydrogen (secondary N) is 2. The van der Waals surface area contributed by atoms with Crippen LogP contribution >= 0.6 is 0 Å². The predicted molar refractivity (Wildman–Crippen MR) is 130 cm³/mol. The van der Waals surface area contributed by atoms with Crippen LogP contribution in [0.15, 0.2) is 54.7 Å². The lowest BCUT2D eigenvalue weighted by atomic mass is 10.1. The van der Waals surface area contributed by atoms with Gasteiger partial charge in [-0.05, 0) is 54.8 Å². The third kappa shape index (κ3) is 6.20. The third-order valence-corrected chi connectivity index (χ3v) is 5.80. The number of hydrogen-bond donors (Lipinski definition) is 4. The Labute approximate surface area is 197 Å². The topological polar surface area (TPSA) is 109 Å². The first-order chi connectivity index (χ1) is 16.4. The number of halogens is 2. The molecule has 7 nitrogen and oxygen atoms in total. The highest BCUT2D eigenvalue weighted by Gasteiger charge is 2.16. The lowest BCUT2D eigenvalue weighted by Gasteiger charge is -2.32. The average Bonchev–Trinajstić information content (AvgIpc) is 2.79. The monoisotopic (exact) mass is 466 g/mol. The zero-order chi connectivity index (χ0) is 24.1. The molecule has 0 atom stereocenters. The summed E-state index contributed by atoms with van der Waals surface area (Å²) in [6, 6.07) is 13.4. The normalized spacial score (nSPS) is 14.1. The molecule has 3 aromatic rings. The molecule has 1 fully saturated rings. The van der Waals surface area contributed by atoms with E-state index in [-0.39, 0.29) is 19.0 Å². The van der Waals surface area contributed by atoms with Gasteiger partial charge in [0.2, 0.25) is 5.91 Å². The summed E-state index contributed by atoms with van der Waals surface area (Å²) in [5.74, 6) is -1.25. The van der Waals surface area contributed by atoms with E-state index in [1.807, 2.05) is 12.1 Å². The minimum Gasteiger partial charge on any atom is -0.381 e. The molecule has 2 aromatic carbocycles. The maximum Gasteiger partial charge on any atom is 0.221 e. The maximum atomic E-state index is 13.5. The van der Waals surface area contributed by atoms with E-state index in [0.717, 1.165) is 43.4 Å². The summed E-state index contributed by atoms with van der Waals surface area (Å²) in [5, 5.41) is 6.39. The second-order valence-corrected chi connectivity index (χ2v) is 8.50. The summed E-state index contributed by atoms with van der Waals surface area (Å²) < 4.78 is 27.0. The number of primary amides is 1. The highest BCUT2D eigenvalue weighted by Crippen LogP contribution is 2.26. The molecule has 178 valence electrons. The lowest BCUT2D eigenvalue weighted by Crippen LogP contribution is -2.39. The van der Waals surface area contributed by atoms with Gasteiger partial charge < -0.3 is 27.0 Å². The van der Waals surface area contributed by atoms with Crippen molar-refractivity contribution in [1.29, 1.82) is 0 Å². The fourth-order valence-electron chi connectivity index (χ4n) is 4.02. The summed E-state index contributed by atoms with van der Waals surface area (Å²) in [6.45, 7) is 2.06. The van der Waals surface area contributed by atoms with Crippen LogP contribution in [0.3, 0.4) is 0 Å². The minimum atomic E-state index is -0.651. The summed E-state index contributed by atoms with van der Waals surface area (Å²) in [5.41, 5.74) is 15.0. The first-order valence-corrected chi connectivity index (χ1v) is 11.2. The number of benzene rings is 2. The van der Waals surface area contributed by atoms with Crippen LogP contribution in [0, 0.1) is 11.6 Å². The van der Waals surface area contributed by atoms with Gasteiger partial charge in [-0.15, -0.1) is 0 Å². The van der Waals surface area contributed by atoms with E-state index in [1.54, 1.807) is 12.3 Å². The number of carbonyl (C=O) groups is 1. The molecule has 0 radical (unpaired) electrons. The molecule has 1 saturated heterocycles. The van der Waals surface area contributed by atoms with Crippen LogP contribution in [0.2, 0.25) is 0 Å². The fraction of sp³-hybridized carbons (Fsp3) is 0.280. The van der Waals surface area contributed by atoms with Crippen LogP contribution in [0.5, 0.6) is 0 Å². The van der Waals surface area contributed by atoms with Crippen molar-refractivity contribution in [2.45, 2.75) is 31.8 Å². The second-order valence-electron chi connectivity index (χ2n) is 8.50. The Morgan fingerprint density at radius 1 is 1.06 bits per heavy atom. The lowest BCUT2D eigenvalue weighted by molar-refractivity contribution is -0.117. The maximum absolute atomic E-state index is 13.5. The molecule has 0 spiro atoms. The van der Waals surface area contributed by atoms with Crippen LogP contribution in [0.4, 0.5) is 31.7 Å². The van der Waals surface area contributed by atoms with Crippen LogP contribution < -0.4 is 27.0 Å². The first kappa shape index (κ1) is 23.4. The zero-order valence-corrected chi connectivity index (χ0v) is 18.7. The molecule has 34 heavy (non-hydrogen) atoms. The van der Waals surface area contributed by atoms with Crippen molar-refractivity contribution >= 4 is 28.8 Å². The van der Waals surface area contributed by atoms with Crippen molar-refractivity contribution in [3.8, 4) is 0 Å². The van der Waals surface area contributed by atoms with E-state index in [9.17, 15) is 13.6 Å². The zero-order valence-electron chi connectivity index (χ0n) is 18.7. The molecular weight excluding hydrogens is 438 g/mol. The Morgan fingerprint density at radius 3 is 2.38 bits per heavy atom. The molecule has 6 N–H and O–H groups in total. The van der Waals surface area contributed by atoms with Crippen molar-refractivity contribution in [3.63, 3.8) is 0 Å². The van der Waals surface area contributed by atoms with Crippen molar-refractivity contribution in [2.75, 3.05) is 28.6 Å². The van der Waals surface area contributed by atoms with E-state index in [2.05, 4.69) is 32.7 Å². The van der Waals surface area contributed by atoms with Crippen LogP contribution in [0.25, 0.3) is 0 Å². The van der Waals surface area contributed by atoms with Gasteiger partial charge in [0, 0.05) is 66.6 Å². The molecule has 9 heteroatoms. The van der Waals surface area contributed by atoms with Gasteiger partial charge in [0.25, 0.3) is 0 Å². The van der Waals surface area contributed by atoms with Gasteiger partial charge in [0.15, 0.2) is 0 Å². The number of nitrogens with two attached hydrogens (primary N) is 2. The number of aromatic nitrogens is 1. The fourth-order valence-corrected chi connectivity index (χ4v) is 4.02. The number of pyridine rings is 1. The minimum absolute atomic E-state index is 0.0126. The Hall–Kier alpha value is -3.72. The molecule has 4 rings (SSSR count). The van der Waals surface area contributed by atoms with Gasteiger partial charge in [0.1, 0.15) is 17.5 Å². The van der Waals surface area contributed by atoms with E-state index >= 15 is 0 Å². The number of piperidine rings is 1. The molecular formula is C25H28F2N6O. The largest absolute Gasteiger partial charge is 0.381 e. The van der Waals surface area contributed by atoms with Gasteiger partial charge >= 0.3 is 0 Å². The molecule has 1 aliphatic heterocycles. The molecule has 1 aromatic heterocycles. The Kier molecular flexibility index (Phi) is 7.22. The Bertz CT molecular complexity index is 1130. The molecule has 2 heterocycles. The Balaban J connectivity index is 1.47. The first-order valence-electron chi connectivity index (χ1n) is 11.2. The SMILES string of the molecule is NC(=O)Cc1cnc(Nc2ccc(N3CCC(N)CC3)cc2)cc1NCc1cc(F)cc(F)c1. The number of hydrogen-bond acceptors (Lipinski definition) is 6. The van der Waals surface area contributed by atoms with Crippen molar-refractivity contribution in [1.82, 2.24) is 4.98 Å². The highest BCUT2D eigenvalue weighted by molar-refractivity contribution is 5.79. The number of amides is 1. The predicted octanol–water partition coefficient (Wildman–Crippen LogP) is 3.67. The van der Waals surface area contributed by atoms with Gasteiger partial charge in [-0.1, -0.05) is 0 Å². The van der Waals surface area contributed by atoms with Crippen molar-refractivity contribution in [2.24, 2.45) is 11.5 Å². The molecule has 0 saturated carbocycles. The van der Waals surface area contributed by atoms with Crippen LogP contribution in [-0.4, -0.2) is 30.0 Å². The number of rotatable bonds is 8. The van der Waals surface area contributed by atoms with Crippen molar-refractivity contribution < 1.29 is 13.6 Å². The quantitative estimate of drug-likeness (QED) is 0.403. The molecule has 0 unspecified atom stereocenters. The van der Waals surface area contributed by atoms with E-state index in [1.165, 1.54) is 12.1 Å². The van der Waals surface area contributed by atoms with Crippen molar-refractivity contribution in [3.05, 3.63) is 77.5 Å². The summed E-state index contributed by atoms with van der Waals surface area (Å²) in [7, 11) is 0. The van der Waals surface area contributed by atoms with E-state index in [4.69, 9.17) is 11.5 Å². The van der Waals surface area contributed by atoms with Gasteiger partial charge in [-0.2, -0.15) is 0 Å². The van der Waals surface area contributed by atoms with E-state index in [0.29, 0.717) is 22.6 Å². The number of carbonyl (C=O) groups excluding carboxylic acids is 1. The Morgan fingerprint density at radius 2 is 1.74 bits per heavy atom. The number of nitrogens with zero attached hydrogens (tertiary/aromatic N) is 2. The summed E-state index contributed by atoms with van der Waals surface area (Å²) in [4.78, 5) is 18.2. The van der Waals surface area contributed by atoms with Gasteiger partial charge in [0.05, 0.1) is 6.42 Å². The third-order valence-electron chi connectivity index (χ3n) is 5.80.